The van der Waals surface area contributed by atoms with Crippen molar-refractivity contribution in [2.24, 2.45) is 0 Å². The fraction of sp³-hybridized carbons (Fsp3) is 1.00. The summed E-state index contributed by atoms with van der Waals surface area (Å²) in [7, 11) is -4.35. The molecule has 0 aromatic rings. The van der Waals surface area contributed by atoms with E-state index in [1.807, 2.05) is 0 Å². The molecular formula is C18H39O4P. The zero-order chi connectivity index (χ0) is 17.4. The fourth-order valence-electron chi connectivity index (χ4n) is 2.93. The van der Waals surface area contributed by atoms with Gasteiger partial charge in [0.2, 0.25) is 0 Å². The molecule has 0 bridgehead atoms. The van der Waals surface area contributed by atoms with Gasteiger partial charge in [0, 0.05) is 0 Å². The third kappa shape index (κ3) is 18.3. The van der Waals surface area contributed by atoms with Crippen molar-refractivity contribution < 1.29 is 18.9 Å². The second kappa shape index (κ2) is 15.6. The number of phosphoric ester groups is 1. The van der Waals surface area contributed by atoms with Crippen LogP contribution >= 0.6 is 7.82 Å². The third-order valence-corrected chi connectivity index (χ3v) is 4.87. The molecule has 0 rings (SSSR count). The Morgan fingerprint density at radius 1 is 0.696 bits per heavy atom. The Kier molecular flexibility index (Phi) is 15.7. The van der Waals surface area contributed by atoms with E-state index in [1.54, 1.807) is 0 Å². The maximum Gasteiger partial charge on any atom is 0.469 e. The van der Waals surface area contributed by atoms with E-state index in [2.05, 4.69) is 13.8 Å². The molecule has 0 radical (unpaired) electrons. The zero-order valence-electron chi connectivity index (χ0n) is 15.3. The molecule has 0 aliphatic heterocycles. The molecule has 0 aromatic heterocycles. The molecule has 140 valence electrons. The van der Waals surface area contributed by atoms with Crippen molar-refractivity contribution in [1.29, 1.82) is 0 Å². The summed E-state index contributed by atoms with van der Waals surface area (Å²) in [5.74, 6) is 0. The van der Waals surface area contributed by atoms with Crippen LogP contribution in [0, 0.1) is 0 Å². The van der Waals surface area contributed by atoms with Crippen LogP contribution in [0.1, 0.15) is 110 Å². The third-order valence-electron chi connectivity index (χ3n) is 4.30. The predicted octanol–water partition coefficient (Wildman–Crippen LogP) is 6.36. The van der Waals surface area contributed by atoms with Crippen LogP contribution in [0.15, 0.2) is 0 Å². The normalized spacial score (nSPS) is 13.4. The largest absolute Gasteiger partial charge is 0.469 e. The Morgan fingerprint density at radius 2 is 1.04 bits per heavy atom. The number of rotatable bonds is 17. The molecule has 1 unspecified atom stereocenters. The molecule has 0 amide bonds. The Labute approximate surface area is 143 Å². The van der Waals surface area contributed by atoms with Gasteiger partial charge in [0.05, 0.1) is 6.10 Å². The first kappa shape index (κ1) is 23.1. The quantitative estimate of drug-likeness (QED) is 0.237. The van der Waals surface area contributed by atoms with E-state index < -0.39 is 7.82 Å². The van der Waals surface area contributed by atoms with E-state index in [4.69, 9.17) is 14.3 Å². The number of hydrogen-bond acceptors (Lipinski definition) is 2. The predicted molar refractivity (Wildman–Crippen MR) is 97.5 cm³/mol. The molecular weight excluding hydrogens is 311 g/mol. The Hall–Kier alpha value is 0.110. The van der Waals surface area contributed by atoms with Crippen molar-refractivity contribution in [3.63, 3.8) is 0 Å². The van der Waals surface area contributed by atoms with Gasteiger partial charge in [0.15, 0.2) is 0 Å². The van der Waals surface area contributed by atoms with Gasteiger partial charge >= 0.3 is 7.82 Å². The average Bonchev–Trinajstić information content (AvgIpc) is 2.48. The van der Waals surface area contributed by atoms with E-state index in [1.165, 1.54) is 57.8 Å². The summed E-state index contributed by atoms with van der Waals surface area (Å²) in [5, 5.41) is 0. The molecule has 0 aromatic carbocycles. The molecule has 5 heteroatoms. The molecule has 0 saturated carbocycles. The molecule has 0 heterocycles. The smallest absolute Gasteiger partial charge is 0.303 e. The van der Waals surface area contributed by atoms with E-state index in [-0.39, 0.29) is 6.10 Å². The summed E-state index contributed by atoms with van der Waals surface area (Å²) < 4.78 is 16.0. The minimum absolute atomic E-state index is 0.280. The molecule has 0 aliphatic rings. The van der Waals surface area contributed by atoms with Crippen LogP contribution in [0.4, 0.5) is 0 Å². The summed E-state index contributed by atoms with van der Waals surface area (Å²) >= 11 is 0. The van der Waals surface area contributed by atoms with Gasteiger partial charge in [-0.2, -0.15) is 0 Å². The molecule has 0 saturated heterocycles. The Bertz CT molecular complexity index is 291. The summed E-state index contributed by atoms with van der Waals surface area (Å²) in [6, 6.07) is 0. The van der Waals surface area contributed by atoms with Crippen molar-refractivity contribution in [2.75, 3.05) is 0 Å². The lowest BCUT2D eigenvalue weighted by Gasteiger charge is -2.18. The number of hydrogen-bond donors (Lipinski definition) is 2. The van der Waals surface area contributed by atoms with Gasteiger partial charge in [-0.15, -0.1) is 0 Å². The molecule has 1 atom stereocenters. The minimum Gasteiger partial charge on any atom is -0.303 e. The van der Waals surface area contributed by atoms with Gasteiger partial charge in [-0.25, -0.2) is 4.57 Å². The van der Waals surface area contributed by atoms with Gasteiger partial charge in [-0.3, -0.25) is 4.52 Å². The molecule has 0 fully saturated rings. The molecule has 23 heavy (non-hydrogen) atoms. The monoisotopic (exact) mass is 350 g/mol. The van der Waals surface area contributed by atoms with Crippen molar-refractivity contribution in [3.05, 3.63) is 0 Å². The minimum atomic E-state index is -4.35. The van der Waals surface area contributed by atoms with Crippen molar-refractivity contribution in [3.8, 4) is 0 Å². The van der Waals surface area contributed by atoms with Crippen LogP contribution in [0.25, 0.3) is 0 Å². The highest BCUT2D eigenvalue weighted by molar-refractivity contribution is 7.46. The standard InChI is InChI=1S/C18H39O4P/c1-3-5-7-9-10-11-12-13-15-17-18(22-23(19,20)21)16-14-8-6-4-2/h18H,3-17H2,1-2H3,(H2,19,20,21). The SMILES string of the molecule is CCCCCCCCCCCC(CCCCCC)OP(=O)(O)O. The van der Waals surface area contributed by atoms with Crippen LogP contribution in [-0.4, -0.2) is 15.9 Å². The summed E-state index contributed by atoms with van der Waals surface area (Å²) in [6.45, 7) is 4.39. The van der Waals surface area contributed by atoms with Crippen LogP contribution in [0.2, 0.25) is 0 Å². The Balaban J connectivity index is 3.71. The second-order valence-electron chi connectivity index (χ2n) is 6.68. The Morgan fingerprint density at radius 3 is 1.43 bits per heavy atom. The van der Waals surface area contributed by atoms with E-state index in [9.17, 15) is 4.57 Å². The van der Waals surface area contributed by atoms with Gasteiger partial charge in [0.1, 0.15) is 0 Å². The second-order valence-corrected chi connectivity index (χ2v) is 7.88. The molecule has 0 spiro atoms. The van der Waals surface area contributed by atoms with Gasteiger partial charge < -0.3 is 9.79 Å². The van der Waals surface area contributed by atoms with Gasteiger partial charge in [-0.05, 0) is 12.8 Å². The summed E-state index contributed by atoms with van der Waals surface area (Å²) in [6.07, 6.45) is 17.0. The van der Waals surface area contributed by atoms with Crippen LogP contribution in [-0.2, 0) is 9.09 Å². The summed E-state index contributed by atoms with van der Waals surface area (Å²) in [5.41, 5.74) is 0. The lowest BCUT2D eigenvalue weighted by molar-refractivity contribution is 0.115. The van der Waals surface area contributed by atoms with Crippen molar-refractivity contribution in [1.82, 2.24) is 0 Å². The van der Waals surface area contributed by atoms with Crippen molar-refractivity contribution in [2.45, 2.75) is 116 Å². The topological polar surface area (TPSA) is 66.8 Å². The van der Waals surface area contributed by atoms with Gasteiger partial charge in [0.25, 0.3) is 0 Å². The molecule has 0 aliphatic carbocycles. The number of unbranched alkanes of at least 4 members (excludes halogenated alkanes) is 11. The van der Waals surface area contributed by atoms with E-state index in [0.29, 0.717) is 0 Å². The van der Waals surface area contributed by atoms with E-state index >= 15 is 0 Å². The zero-order valence-corrected chi connectivity index (χ0v) is 16.2. The maximum absolute atomic E-state index is 11.1. The highest BCUT2D eigenvalue weighted by Crippen LogP contribution is 2.39. The maximum atomic E-state index is 11.1. The first-order chi connectivity index (χ1) is 11.0. The first-order valence-corrected chi connectivity index (χ1v) is 11.3. The highest BCUT2D eigenvalue weighted by Gasteiger charge is 2.21. The number of phosphoric acid groups is 1. The lowest BCUT2D eigenvalue weighted by atomic mass is 10.0. The average molecular weight is 350 g/mol. The summed E-state index contributed by atoms with van der Waals surface area (Å²) in [4.78, 5) is 18.0. The fourth-order valence-corrected chi connectivity index (χ4v) is 3.52. The first-order valence-electron chi connectivity index (χ1n) is 9.73. The van der Waals surface area contributed by atoms with Crippen LogP contribution in [0.3, 0.4) is 0 Å². The van der Waals surface area contributed by atoms with Gasteiger partial charge in [-0.1, -0.05) is 97.3 Å². The van der Waals surface area contributed by atoms with Crippen LogP contribution < -0.4 is 0 Å². The van der Waals surface area contributed by atoms with Crippen molar-refractivity contribution >= 4 is 7.82 Å². The molecule has 4 nitrogen and oxygen atoms in total. The highest BCUT2D eigenvalue weighted by atomic mass is 31.2. The lowest BCUT2D eigenvalue weighted by Crippen LogP contribution is -2.11. The van der Waals surface area contributed by atoms with Crippen LogP contribution in [0.5, 0.6) is 0 Å². The van der Waals surface area contributed by atoms with E-state index in [0.717, 1.165) is 38.5 Å². The molecule has 2 N–H and O–H groups in total.